The lowest BCUT2D eigenvalue weighted by Gasteiger charge is -2.29. The molecule has 1 aliphatic heterocycles. The first-order chi connectivity index (χ1) is 9.66. The van der Waals surface area contributed by atoms with E-state index < -0.39 is 5.54 Å². The van der Waals surface area contributed by atoms with Gasteiger partial charge in [0.1, 0.15) is 5.54 Å². The first kappa shape index (κ1) is 13.5. The number of hydrogen-bond donors (Lipinski definition) is 1. The summed E-state index contributed by atoms with van der Waals surface area (Å²) in [6.45, 7) is 1.25. The van der Waals surface area contributed by atoms with Crippen LogP contribution in [0.1, 0.15) is 30.1 Å². The molecule has 0 radical (unpaired) electrons. The summed E-state index contributed by atoms with van der Waals surface area (Å²) in [5.41, 5.74) is 6.80. The van der Waals surface area contributed by atoms with Gasteiger partial charge in [0.25, 0.3) is 0 Å². The van der Waals surface area contributed by atoms with E-state index in [0.29, 0.717) is 49.2 Å². The number of nitrogens with two attached hydrogens (primary N) is 1. The lowest BCUT2D eigenvalue weighted by Crippen LogP contribution is -2.42. The molecule has 1 aliphatic rings. The molecule has 2 heterocycles. The summed E-state index contributed by atoms with van der Waals surface area (Å²) in [5.74, 6) is 1.12. The van der Waals surface area contributed by atoms with Crippen molar-refractivity contribution in [3.8, 4) is 0 Å². The van der Waals surface area contributed by atoms with Crippen molar-refractivity contribution < 1.29 is 9.26 Å². The number of halogens is 1. The Kier molecular flexibility index (Phi) is 3.74. The van der Waals surface area contributed by atoms with E-state index in [4.69, 9.17) is 26.6 Å². The van der Waals surface area contributed by atoms with E-state index in [1.54, 1.807) is 0 Å². The van der Waals surface area contributed by atoms with Gasteiger partial charge in [0.05, 0.1) is 0 Å². The van der Waals surface area contributed by atoms with Gasteiger partial charge in [-0.3, -0.25) is 0 Å². The minimum atomic E-state index is -0.558. The van der Waals surface area contributed by atoms with Crippen molar-refractivity contribution in [1.29, 1.82) is 0 Å². The second-order valence-electron chi connectivity index (χ2n) is 5.09. The van der Waals surface area contributed by atoms with Gasteiger partial charge in [-0.15, -0.1) is 0 Å². The van der Waals surface area contributed by atoms with Crippen LogP contribution in [0.15, 0.2) is 28.8 Å². The molecule has 6 heteroatoms. The fourth-order valence-electron chi connectivity index (χ4n) is 2.31. The summed E-state index contributed by atoms with van der Waals surface area (Å²) < 4.78 is 10.7. The highest BCUT2D eigenvalue weighted by atomic mass is 35.5. The Labute approximate surface area is 122 Å². The second kappa shape index (κ2) is 5.52. The Bertz CT molecular complexity index is 594. The van der Waals surface area contributed by atoms with Crippen molar-refractivity contribution >= 4 is 11.6 Å². The highest BCUT2D eigenvalue weighted by Crippen LogP contribution is 2.28. The van der Waals surface area contributed by atoms with Crippen LogP contribution in [0.2, 0.25) is 5.02 Å². The van der Waals surface area contributed by atoms with Gasteiger partial charge in [-0.1, -0.05) is 28.9 Å². The fourth-order valence-corrected chi connectivity index (χ4v) is 2.52. The third kappa shape index (κ3) is 2.85. The third-order valence-electron chi connectivity index (χ3n) is 3.53. The van der Waals surface area contributed by atoms with E-state index in [-0.39, 0.29) is 0 Å². The van der Waals surface area contributed by atoms with Crippen LogP contribution in [-0.4, -0.2) is 23.4 Å². The van der Waals surface area contributed by atoms with Gasteiger partial charge in [0.15, 0.2) is 5.82 Å². The maximum absolute atomic E-state index is 6.31. The van der Waals surface area contributed by atoms with Crippen molar-refractivity contribution in [1.82, 2.24) is 10.1 Å². The Hall–Kier alpha value is -1.43. The molecule has 20 heavy (non-hydrogen) atoms. The maximum Gasteiger partial charge on any atom is 0.246 e. The molecule has 2 N–H and O–H groups in total. The van der Waals surface area contributed by atoms with Gasteiger partial charge in [0, 0.05) is 24.7 Å². The zero-order valence-corrected chi connectivity index (χ0v) is 11.8. The zero-order valence-electron chi connectivity index (χ0n) is 11.0. The number of nitrogens with zero attached hydrogens (tertiary/aromatic N) is 2. The van der Waals surface area contributed by atoms with E-state index in [9.17, 15) is 0 Å². The van der Waals surface area contributed by atoms with Crippen LogP contribution in [0.25, 0.3) is 0 Å². The Balaban J connectivity index is 1.76. The van der Waals surface area contributed by atoms with E-state index in [0.717, 1.165) is 5.56 Å². The predicted molar refractivity (Wildman–Crippen MR) is 74.5 cm³/mol. The summed E-state index contributed by atoms with van der Waals surface area (Å²) in [7, 11) is 0. The quantitative estimate of drug-likeness (QED) is 0.940. The zero-order chi connectivity index (χ0) is 14.0. The Morgan fingerprint density at radius 1 is 1.30 bits per heavy atom. The van der Waals surface area contributed by atoms with Crippen LogP contribution in [0, 0.1) is 0 Å². The summed E-state index contributed by atoms with van der Waals surface area (Å²) in [5, 5.41) is 4.71. The number of rotatable bonds is 3. The standard InChI is InChI=1S/C14H16ClN3O2/c15-11-3-1-2-10(8-11)9-12-17-13(20-18-12)14(16)4-6-19-7-5-14/h1-3,8H,4-7,9,16H2. The van der Waals surface area contributed by atoms with E-state index in [2.05, 4.69) is 10.1 Å². The molecular weight excluding hydrogens is 278 g/mol. The smallest absolute Gasteiger partial charge is 0.246 e. The fraction of sp³-hybridized carbons (Fsp3) is 0.429. The van der Waals surface area contributed by atoms with Crippen LogP contribution in [0.5, 0.6) is 0 Å². The SMILES string of the molecule is NC1(c2nc(Cc3cccc(Cl)c3)no2)CCOCC1. The molecule has 0 amide bonds. The molecule has 106 valence electrons. The first-order valence-electron chi connectivity index (χ1n) is 6.60. The average molecular weight is 294 g/mol. The minimum absolute atomic E-state index is 0.498. The molecule has 1 saturated heterocycles. The molecule has 0 aliphatic carbocycles. The molecule has 5 nitrogen and oxygen atoms in total. The number of benzene rings is 1. The van der Waals surface area contributed by atoms with E-state index >= 15 is 0 Å². The normalized spacial score (nSPS) is 18.1. The van der Waals surface area contributed by atoms with Crippen LogP contribution < -0.4 is 5.73 Å². The molecule has 1 fully saturated rings. The molecule has 0 bridgehead atoms. The summed E-state index contributed by atoms with van der Waals surface area (Å²) in [4.78, 5) is 4.43. The second-order valence-corrected chi connectivity index (χ2v) is 5.53. The highest BCUT2D eigenvalue weighted by Gasteiger charge is 2.35. The van der Waals surface area contributed by atoms with Gasteiger partial charge >= 0.3 is 0 Å². The molecule has 2 aromatic rings. The largest absolute Gasteiger partial charge is 0.381 e. The van der Waals surface area contributed by atoms with Gasteiger partial charge in [-0.2, -0.15) is 4.98 Å². The summed E-state index contributed by atoms with van der Waals surface area (Å²) >= 11 is 5.96. The van der Waals surface area contributed by atoms with Crippen molar-refractivity contribution in [2.45, 2.75) is 24.8 Å². The average Bonchev–Trinajstić information content (AvgIpc) is 2.89. The number of ether oxygens (including phenoxy) is 1. The summed E-state index contributed by atoms with van der Waals surface area (Å²) in [6.07, 6.45) is 1.98. The van der Waals surface area contributed by atoms with Crippen molar-refractivity contribution in [2.75, 3.05) is 13.2 Å². The van der Waals surface area contributed by atoms with E-state index in [1.165, 1.54) is 0 Å². The lowest BCUT2D eigenvalue weighted by molar-refractivity contribution is 0.0400. The van der Waals surface area contributed by atoms with Crippen LogP contribution in [0.3, 0.4) is 0 Å². The van der Waals surface area contributed by atoms with Crippen LogP contribution in [0.4, 0.5) is 0 Å². The van der Waals surface area contributed by atoms with E-state index in [1.807, 2.05) is 24.3 Å². The summed E-state index contributed by atoms with van der Waals surface area (Å²) in [6, 6.07) is 7.62. The topological polar surface area (TPSA) is 74.2 Å². The molecular formula is C14H16ClN3O2. The first-order valence-corrected chi connectivity index (χ1v) is 6.98. The van der Waals surface area contributed by atoms with Crippen molar-refractivity contribution in [2.24, 2.45) is 5.73 Å². The molecule has 1 aromatic heterocycles. The van der Waals surface area contributed by atoms with Crippen LogP contribution in [-0.2, 0) is 16.7 Å². The number of aromatic nitrogens is 2. The van der Waals surface area contributed by atoms with Crippen molar-refractivity contribution in [3.63, 3.8) is 0 Å². The van der Waals surface area contributed by atoms with Crippen molar-refractivity contribution in [3.05, 3.63) is 46.6 Å². The number of hydrogen-bond acceptors (Lipinski definition) is 5. The monoisotopic (exact) mass is 293 g/mol. The molecule has 0 spiro atoms. The minimum Gasteiger partial charge on any atom is -0.381 e. The molecule has 0 saturated carbocycles. The van der Waals surface area contributed by atoms with Crippen LogP contribution >= 0.6 is 11.6 Å². The molecule has 1 aromatic carbocycles. The predicted octanol–water partition coefficient (Wildman–Crippen LogP) is 2.28. The third-order valence-corrected chi connectivity index (χ3v) is 3.77. The van der Waals surface area contributed by atoms with Gasteiger partial charge < -0.3 is 15.0 Å². The molecule has 0 atom stereocenters. The maximum atomic E-state index is 6.31. The van der Waals surface area contributed by atoms with Gasteiger partial charge in [0.2, 0.25) is 5.89 Å². The lowest BCUT2D eigenvalue weighted by atomic mass is 9.91. The van der Waals surface area contributed by atoms with Gasteiger partial charge in [-0.25, -0.2) is 0 Å². The molecule has 3 rings (SSSR count). The Morgan fingerprint density at radius 2 is 2.10 bits per heavy atom. The Morgan fingerprint density at radius 3 is 2.85 bits per heavy atom. The molecule has 0 unspecified atom stereocenters. The highest BCUT2D eigenvalue weighted by molar-refractivity contribution is 6.30. The van der Waals surface area contributed by atoms with Gasteiger partial charge in [-0.05, 0) is 30.5 Å².